The molecule has 1 amide bonds. The summed E-state index contributed by atoms with van der Waals surface area (Å²) in [6.07, 6.45) is 4.46. The van der Waals surface area contributed by atoms with Gasteiger partial charge in [-0.2, -0.15) is 11.8 Å². The molecule has 0 spiro atoms. The van der Waals surface area contributed by atoms with Gasteiger partial charge in [0.2, 0.25) is 5.91 Å². The Morgan fingerprint density at radius 1 is 1.22 bits per heavy atom. The first kappa shape index (κ1) is 17.6. The molecule has 0 atom stereocenters. The van der Waals surface area contributed by atoms with Crippen molar-refractivity contribution < 1.29 is 9.18 Å². The van der Waals surface area contributed by atoms with E-state index in [-0.39, 0.29) is 11.6 Å². The molecule has 0 heterocycles. The first-order chi connectivity index (χ1) is 11.1. The molecule has 0 aliphatic carbocycles. The van der Waals surface area contributed by atoms with Crippen molar-refractivity contribution in [2.75, 3.05) is 16.8 Å². The van der Waals surface area contributed by atoms with Crippen molar-refractivity contribution in [3.8, 4) is 0 Å². The Labute approximate surface area is 144 Å². The first-order valence-corrected chi connectivity index (χ1v) is 8.72. The molecular weight excluding hydrogens is 333 g/mol. The lowest BCUT2D eigenvalue weighted by Gasteiger charge is -2.06. The Hall–Kier alpha value is -1.78. The van der Waals surface area contributed by atoms with Crippen LogP contribution < -0.4 is 5.32 Å². The van der Waals surface area contributed by atoms with Crippen LogP contribution in [0.2, 0.25) is 5.02 Å². The molecule has 0 saturated carbocycles. The molecule has 0 bridgehead atoms. The van der Waals surface area contributed by atoms with E-state index in [0.717, 1.165) is 11.3 Å². The second-order valence-electron chi connectivity index (χ2n) is 4.81. The minimum Gasteiger partial charge on any atom is -0.324 e. The largest absolute Gasteiger partial charge is 0.324 e. The van der Waals surface area contributed by atoms with Gasteiger partial charge in [0.05, 0.1) is 5.69 Å². The highest BCUT2D eigenvalue weighted by Crippen LogP contribution is 2.19. The van der Waals surface area contributed by atoms with Crippen LogP contribution in [0.25, 0.3) is 6.08 Å². The Bertz CT molecular complexity index is 676. The van der Waals surface area contributed by atoms with Gasteiger partial charge in [-0.25, -0.2) is 4.39 Å². The molecule has 0 aliphatic heterocycles. The molecular formula is C18H17ClFNOS. The fourth-order valence-electron chi connectivity index (χ4n) is 1.87. The average molecular weight is 350 g/mol. The van der Waals surface area contributed by atoms with E-state index in [2.05, 4.69) is 17.5 Å². The average Bonchev–Trinajstić information content (AvgIpc) is 2.54. The lowest BCUT2D eigenvalue weighted by molar-refractivity contribution is -0.115. The SMILES string of the molecule is O=C(CCSC/C=C/c1ccccc1)Nc1ccc(Cl)cc1F. The molecule has 2 nitrogen and oxygen atoms in total. The number of rotatable bonds is 7. The molecule has 0 aliphatic rings. The topological polar surface area (TPSA) is 29.1 Å². The molecule has 2 rings (SSSR count). The maximum atomic E-state index is 13.5. The molecule has 0 aromatic heterocycles. The third-order valence-corrected chi connectivity index (χ3v) is 4.16. The van der Waals surface area contributed by atoms with E-state index >= 15 is 0 Å². The number of hydrogen-bond donors (Lipinski definition) is 1. The highest BCUT2D eigenvalue weighted by Gasteiger charge is 2.07. The molecule has 5 heteroatoms. The van der Waals surface area contributed by atoms with Crippen molar-refractivity contribution in [3.63, 3.8) is 0 Å². The zero-order valence-electron chi connectivity index (χ0n) is 12.5. The van der Waals surface area contributed by atoms with E-state index in [1.165, 1.54) is 12.1 Å². The van der Waals surface area contributed by atoms with Gasteiger partial charge >= 0.3 is 0 Å². The van der Waals surface area contributed by atoms with Crippen LogP contribution in [0.4, 0.5) is 10.1 Å². The summed E-state index contributed by atoms with van der Waals surface area (Å²) in [5, 5.41) is 2.86. The van der Waals surface area contributed by atoms with E-state index < -0.39 is 5.82 Å². The van der Waals surface area contributed by atoms with Crippen molar-refractivity contribution in [2.24, 2.45) is 0 Å². The maximum absolute atomic E-state index is 13.5. The minimum atomic E-state index is -0.524. The van der Waals surface area contributed by atoms with Crippen LogP contribution >= 0.6 is 23.4 Å². The predicted molar refractivity (Wildman–Crippen MR) is 97.5 cm³/mol. The lowest BCUT2D eigenvalue weighted by Crippen LogP contribution is -2.13. The normalized spacial score (nSPS) is 10.9. The van der Waals surface area contributed by atoms with Gasteiger partial charge in [0.1, 0.15) is 5.82 Å². The zero-order valence-corrected chi connectivity index (χ0v) is 14.0. The van der Waals surface area contributed by atoms with Crippen LogP contribution in [0, 0.1) is 5.82 Å². The number of carbonyl (C=O) groups is 1. The summed E-state index contributed by atoms with van der Waals surface area (Å²) in [7, 11) is 0. The van der Waals surface area contributed by atoms with Gasteiger partial charge in [-0.3, -0.25) is 4.79 Å². The van der Waals surface area contributed by atoms with E-state index in [0.29, 0.717) is 17.2 Å². The molecule has 1 N–H and O–H groups in total. The number of hydrogen-bond acceptors (Lipinski definition) is 2. The second kappa shape index (κ2) is 9.38. The van der Waals surface area contributed by atoms with Gasteiger partial charge in [-0.15, -0.1) is 0 Å². The molecule has 120 valence electrons. The monoisotopic (exact) mass is 349 g/mol. The van der Waals surface area contributed by atoms with Crippen LogP contribution in [0.3, 0.4) is 0 Å². The van der Waals surface area contributed by atoms with Crippen LogP contribution in [-0.4, -0.2) is 17.4 Å². The smallest absolute Gasteiger partial charge is 0.225 e. The molecule has 0 saturated heterocycles. The standard InChI is InChI=1S/C18H17ClFNOS/c19-15-8-9-17(16(20)13-15)21-18(22)10-12-23-11-4-7-14-5-2-1-3-6-14/h1-9,13H,10-12H2,(H,21,22)/b7-4+. The third kappa shape index (κ3) is 6.47. The van der Waals surface area contributed by atoms with Gasteiger partial charge in [0, 0.05) is 22.9 Å². The number of nitrogens with one attached hydrogen (secondary N) is 1. The molecule has 0 radical (unpaired) electrons. The highest BCUT2D eigenvalue weighted by atomic mass is 35.5. The number of halogens is 2. The number of benzene rings is 2. The van der Waals surface area contributed by atoms with Crippen LogP contribution in [0.5, 0.6) is 0 Å². The molecule has 0 fully saturated rings. The Morgan fingerprint density at radius 2 is 2.00 bits per heavy atom. The summed E-state index contributed by atoms with van der Waals surface area (Å²) in [6, 6.07) is 14.2. The quantitative estimate of drug-likeness (QED) is 0.691. The molecule has 0 unspecified atom stereocenters. The van der Waals surface area contributed by atoms with Gasteiger partial charge in [0.15, 0.2) is 0 Å². The van der Waals surface area contributed by atoms with Crippen molar-refractivity contribution in [3.05, 3.63) is 71.0 Å². The van der Waals surface area contributed by atoms with Crippen molar-refractivity contribution >= 4 is 41.0 Å². The number of amides is 1. The Morgan fingerprint density at radius 3 is 2.74 bits per heavy atom. The third-order valence-electron chi connectivity index (χ3n) is 3.00. The summed E-state index contributed by atoms with van der Waals surface area (Å²) in [6.45, 7) is 0. The second-order valence-corrected chi connectivity index (χ2v) is 6.40. The van der Waals surface area contributed by atoms with E-state index in [4.69, 9.17) is 11.6 Å². The Balaban J connectivity index is 1.66. The molecule has 23 heavy (non-hydrogen) atoms. The van der Waals surface area contributed by atoms with Gasteiger partial charge in [0.25, 0.3) is 0 Å². The fraction of sp³-hybridized carbons (Fsp3) is 0.167. The predicted octanol–water partition coefficient (Wildman–Crippen LogP) is 5.25. The van der Waals surface area contributed by atoms with E-state index in [1.807, 2.05) is 30.3 Å². The number of carbonyl (C=O) groups excluding carboxylic acids is 1. The number of anilines is 1. The van der Waals surface area contributed by atoms with Crippen LogP contribution in [0.15, 0.2) is 54.6 Å². The van der Waals surface area contributed by atoms with Crippen molar-refractivity contribution in [1.82, 2.24) is 0 Å². The summed E-state index contributed by atoms with van der Waals surface area (Å²) in [5.41, 5.74) is 1.32. The van der Waals surface area contributed by atoms with Gasteiger partial charge < -0.3 is 5.32 Å². The summed E-state index contributed by atoms with van der Waals surface area (Å²) in [4.78, 5) is 11.8. The van der Waals surface area contributed by atoms with Crippen LogP contribution in [0.1, 0.15) is 12.0 Å². The summed E-state index contributed by atoms with van der Waals surface area (Å²) < 4.78 is 13.5. The first-order valence-electron chi connectivity index (χ1n) is 7.19. The van der Waals surface area contributed by atoms with E-state index in [9.17, 15) is 9.18 Å². The summed E-state index contributed by atoms with van der Waals surface area (Å²) in [5.74, 6) is 0.785. The fourth-order valence-corrected chi connectivity index (χ4v) is 2.76. The van der Waals surface area contributed by atoms with E-state index in [1.54, 1.807) is 17.8 Å². The van der Waals surface area contributed by atoms with Gasteiger partial charge in [-0.05, 0) is 23.8 Å². The van der Waals surface area contributed by atoms with Crippen molar-refractivity contribution in [2.45, 2.75) is 6.42 Å². The van der Waals surface area contributed by atoms with Crippen LogP contribution in [-0.2, 0) is 4.79 Å². The zero-order chi connectivity index (χ0) is 16.5. The maximum Gasteiger partial charge on any atom is 0.225 e. The lowest BCUT2D eigenvalue weighted by atomic mass is 10.2. The Kier molecular flexibility index (Phi) is 7.17. The van der Waals surface area contributed by atoms with Gasteiger partial charge in [-0.1, -0.05) is 54.1 Å². The minimum absolute atomic E-state index is 0.161. The summed E-state index contributed by atoms with van der Waals surface area (Å²) >= 11 is 7.32. The highest BCUT2D eigenvalue weighted by molar-refractivity contribution is 7.99. The number of thioether (sulfide) groups is 1. The molecule has 2 aromatic rings. The molecule has 2 aromatic carbocycles. The van der Waals surface area contributed by atoms with Crippen molar-refractivity contribution in [1.29, 1.82) is 0 Å².